The first-order chi connectivity index (χ1) is 11.3. The first-order valence-corrected chi connectivity index (χ1v) is 8.95. The topological polar surface area (TPSA) is 58.8 Å². The van der Waals surface area contributed by atoms with E-state index in [4.69, 9.17) is 9.15 Å². The van der Waals surface area contributed by atoms with Crippen molar-refractivity contribution in [2.75, 3.05) is 20.2 Å². The van der Waals surface area contributed by atoms with Crippen LogP contribution in [0, 0.1) is 11.3 Å². The van der Waals surface area contributed by atoms with Gasteiger partial charge in [0, 0.05) is 44.0 Å². The van der Waals surface area contributed by atoms with E-state index in [2.05, 4.69) is 15.6 Å². The summed E-state index contributed by atoms with van der Waals surface area (Å²) in [6, 6.07) is 4.46. The van der Waals surface area contributed by atoms with Gasteiger partial charge >= 0.3 is 0 Å². The van der Waals surface area contributed by atoms with E-state index in [0.29, 0.717) is 23.5 Å². The highest BCUT2D eigenvalue weighted by atomic mass is 16.5. The Morgan fingerprint density at radius 1 is 1.39 bits per heavy atom. The van der Waals surface area contributed by atoms with Crippen LogP contribution in [0.5, 0.6) is 0 Å². The molecule has 3 atom stereocenters. The van der Waals surface area contributed by atoms with Gasteiger partial charge in [-0.3, -0.25) is 4.99 Å². The Morgan fingerprint density at radius 2 is 2.26 bits per heavy atom. The van der Waals surface area contributed by atoms with Gasteiger partial charge in [-0.2, -0.15) is 0 Å². The van der Waals surface area contributed by atoms with Crippen LogP contribution in [0.1, 0.15) is 37.9 Å². The molecule has 4 rings (SSSR count). The minimum Gasteiger partial charge on any atom is -0.469 e. The molecule has 0 amide bonds. The molecule has 1 aliphatic heterocycles. The highest BCUT2D eigenvalue weighted by Crippen LogP contribution is 2.60. The zero-order valence-corrected chi connectivity index (χ0v) is 13.9. The highest BCUT2D eigenvalue weighted by Gasteiger charge is 2.65. The first-order valence-electron chi connectivity index (χ1n) is 8.95. The van der Waals surface area contributed by atoms with E-state index in [0.717, 1.165) is 31.3 Å². The van der Waals surface area contributed by atoms with Crippen molar-refractivity contribution in [3.8, 4) is 0 Å². The Hall–Kier alpha value is -1.49. The molecule has 3 unspecified atom stereocenters. The maximum absolute atomic E-state index is 6.05. The zero-order chi connectivity index (χ0) is 15.7. The maximum atomic E-state index is 6.05. The summed E-state index contributed by atoms with van der Waals surface area (Å²) in [6.07, 6.45) is 9.56. The van der Waals surface area contributed by atoms with Crippen LogP contribution in [0.15, 0.2) is 27.8 Å². The molecule has 0 aromatic carbocycles. The number of aliphatic imine (C=N–C) groups is 1. The average Bonchev–Trinajstić information content (AvgIpc) is 3.31. The van der Waals surface area contributed by atoms with Crippen LogP contribution >= 0.6 is 0 Å². The molecule has 3 aliphatic rings. The maximum Gasteiger partial charge on any atom is 0.191 e. The van der Waals surface area contributed by atoms with Crippen molar-refractivity contribution >= 4 is 5.96 Å². The number of nitrogens with one attached hydrogen (secondary N) is 2. The lowest BCUT2D eigenvalue weighted by molar-refractivity contribution is -0.125. The van der Waals surface area contributed by atoms with Gasteiger partial charge in [-0.25, -0.2) is 0 Å². The summed E-state index contributed by atoms with van der Waals surface area (Å²) in [7, 11) is 1.85. The van der Waals surface area contributed by atoms with E-state index >= 15 is 0 Å². The number of rotatable bonds is 4. The van der Waals surface area contributed by atoms with Crippen molar-refractivity contribution < 1.29 is 9.15 Å². The zero-order valence-electron chi connectivity index (χ0n) is 13.9. The molecule has 0 radical (unpaired) electrons. The Bertz CT molecular complexity index is 549. The molecule has 0 bridgehead atoms. The SMILES string of the molecule is CN=C(NCCc1ccco1)NC1C2CCOC2C12CCCC2. The predicted molar refractivity (Wildman–Crippen MR) is 89.4 cm³/mol. The van der Waals surface area contributed by atoms with Crippen LogP contribution in [-0.4, -0.2) is 38.3 Å². The number of guanidine groups is 1. The molecule has 1 aromatic rings. The summed E-state index contributed by atoms with van der Waals surface area (Å²) in [5.41, 5.74) is 0.361. The van der Waals surface area contributed by atoms with Crippen molar-refractivity contribution in [3.63, 3.8) is 0 Å². The fourth-order valence-electron chi connectivity index (χ4n) is 5.00. The molecular weight excluding hydrogens is 290 g/mol. The third kappa shape index (κ3) is 2.55. The molecule has 1 saturated heterocycles. The van der Waals surface area contributed by atoms with E-state index in [1.54, 1.807) is 6.26 Å². The number of hydrogen-bond acceptors (Lipinski definition) is 3. The monoisotopic (exact) mass is 317 g/mol. The molecule has 1 aromatic heterocycles. The van der Waals surface area contributed by atoms with Crippen LogP contribution < -0.4 is 10.6 Å². The summed E-state index contributed by atoms with van der Waals surface area (Å²) in [4.78, 5) is 4.42. The van der Waals surface area contributed by atoms with Crippen molar-refractivity contribution in [1.82, 2.24) is 10.6 Å². The van der Waals surface area contributed by atoms with E-state index < -0.39 is 0 Å². The minimum absolute atomic E-state index is 0.361. The van der Waals surface area contributed by atoms with Crippen molar-refractivity contribution in [2.24, 2.45) is 16.3 Å². The summed E-state index contributed by atoms with van der Waals surface area (Å²) < 4.78 is 11.4. The highest BCUT2D eigenvalue weighted by molar-refractivity contribution is 5.80. The molecule has 2 saturated carbocycles. The quantitative estimate of drug-likeness (QED) is 0.661. The normalized spacial score (nSPS) is 31.9. The van der Waals surface area contributed by atoms with Crippen molar-refractivity contribution in [2.45, 2.75) is 50.7 Å². The second-order valence-corrected chi connectivity index (χ2v) is 7.13. The van der Waals surface area contributed by atoms with Gasteiger partial charge in [-0.05, 0) is 31.4 Å². The summed E-state index contributed by atoms with van der Waals surface area (Å²) >= 11 is 0. The van der Waals surface area contributed by atoms with Gasteiger partial charge in [0.15, 0.2) is 5.96 Å². The molecule has 3 fully saturated rings. The number of ether oxygens (including phenoxy) is 1. The molecule has 1 spiro atoms. The lowest BCUT2D eigenvalue weighted by Crippen LogP contribution is -2.69. The van der Waals surface area contributed by atoms with Gasteiger partial charge in [0.25, 0.3) is 0 Å². The standard InChI is InChI=1S/C18H27N3O2/c1-19-17(20-10-6-13-5-4-11-22-13)21-15-14-7-12-23-16(14)18(15)8-2-3-9-18/h4-5,11,14-16H,2-3,6-10,12H2,1H3,(H2,19,20,21). The number of hydrogen-bond donors (Lipinski definition) is 2. The lowest BCUT2D eigenvalue weighted by Gasteiger charge is -2.57. The molecule has 5 heteroatoms. The minimum atomic E-state index is 0.361. The summed E-state index contributed by atoms with van der Waals surface area (Å²) in [5, 5.41) is 7.15. The van der Waals surface area contributed by atoms with Crippen molar-refractivity contribution in [3.05, 3.63) is 24.2 Å². The predicted octanol–water partition coefficient (Wildman–Crippen LogP) is 2.33. The molecule has 2 N–H and O–H groups in total. The number of nitrogens with zero attached hydrogens (tertiary/aromatic N) is 1. The molecule has 5 nitrogen and oxygen atoms in total. The molecular formula is C18H27N3O2. The van der Waals surface area contributed by atoms with E-state index in [1.807, 2.05) is 19.2 Å². The van der Waals surface area contributed by atoms with Crippen LogP contribution in [0.25, 0.3) is 0 Å². The third-order valence-electron chi connectivity index (χ3n) is 6.05. The number of furan rings is 1. The van der Waals surface area contributed by atoms with E-state index in [9.17, 15) is 0 Å². The fraction of sp³-hybridized carbons (Fsp3) is 0.722. The van der Waals surface area contributed by atoms with Gasteiger partial charge < -0.3 is 19.8 Å². The second-order valence-electron chi connectivity index (χ2n) is 7.13. The summed E-state index contributed by atoms with van der Waals surface area (Å²) in [6.45, 7) is 1.76. The Balaban J connectivity index is 1.35. The number of fused-ring (bicyclic) bond motifs is 2. The second kappa shape index (κ2) is 6.19. The van der Waals surface area contributed by atoms with Crippen molar-refractivity contribution in [1.29, 1.82) is 0 Å². The largest absolute Gasteiger partial charge is 0.469 e. The van der Waals surface area contributed by atoms with E-state index in [-0.39, 0.29) is 0 Å². The molecule has 126 valence electrons. The van der Waals surface area contributed by atoms with Gasteiger partial charge in [0.2, 0.25) is 0 Å². The van der Waals surface area contributed by atoms with Crippen LogP contribution in [0.4, 0.5) is 0 Å². The van der Waals surface area contributed by atoms with Gasteiger partial charge in [-0.15, -0.1) is 0 Å². The molecule has 2 aliphatic carbocycles. The Kier molecular flexibility index (Phi) is 4.05. The van der Waals surface area contributed by atoms with Gasteiger partial charge in [0.1, 0.15) is 5.76 Å². The van der Waals surface area contributed by atoms with Crippen LogP contribution in [-0.2, 0) is 11.2 Å². The first kappa shape index (κ1) is 15.1. The smallest absolute Gasteiger partial charge is 0.191 e. The van der Waals surface area contributed by atoms with Gasteiger partial charge in [0.05, 0.1) is 12.4 Å². The third-order valence-corrected chi connectivity index (χ3v) is 6.05. The van der Waals surface area contributed by atoms with Gasteiger partial charge in [-0.1, -0.05) is 12.8 Å². The lowest BCUT2D eigenvalue weighted by atomic mass is 9.54. The fourth-order valence-corrected chi connectivity index (χ4v) is 5.00. The molecule has 23 heavy (non-hydrogen) atoms. The molecule has 2 heterocycles. The Labute approximate surface area is 137 Å². The van der Waals surface area contributed by atoms with Crippen LogP contribution in [0.2, 0.25) is 0 Å². The van der Waals surface area contributed by atoms with Crippen LogP contribution in [0.3, 0.4) is 0 Å². The Morgan fingerprint density at radius 3 is 3.00 bits per heavy atom. The summed E-state index contributed by atoms with van der Waals surface area (Å²) in [5.74, 6) is 2.59. The van der Waals surface area contributed by atoms with E-state index in [1.165, 1.54) is 32.1 Å². The average molecular weight is 317 g/mol.